The average Bonchev–Trinajstić information content (AvgIpc) is 3.09. The van der Waals surface area contributed by atoms with Gasteiger partial charge in [0.15, 0.2) is 0 Å². The second-order valence-corrected chi connectivity index (χ2v) is 8.12. The number of sulfonamides is 1. The van der Waals surface area contributed by atoms with Crippen molar-refractivity contribution >= 4 is 21.9 Å². The van der Waals surface area contributed by atoms with E-state index in [2.05, 4.69) is 5.32 Å². The Morgan fingerprint density at radius 2 is 1.92 bits per heavy atom. The first-order chi connectivity index (χ1) is 11.8. The first-order valence-corrected chi connectivity index (χ1v) is 9.82. The van der Waals surface area contributed by atoms with E-state index in [9.17, 15) is 18.0 Å². The van der Waals surface area contributed by atoms with Crippen LogP contribution in [-0.2, 0) is 19.6 Å². The summed E-state index contributed by atoms with van der Waals surface area (Å²) in [5.41, 5.74) is 0.248. The van der Waals surface area contributed by atoms with Gasteiger partial charge in [-0.25, -0.2) is 8.42 Å². The second-order valence-electron chi connectivity index (χ2n) is 6.18. The minimum Gasteiger partial charge on any atom is -0.463 e. The number of carbonyl (C=O) groups is 2. The Morgan fingerprint density at radius 1 is 1.24 bits per heavy atom. The van der Waals surface area contributed by atoms with Crippen LogP contribution in [0.1, 0.15) is 43.5 Å². The van der Waals surface area contributed by atoms with E-state index in [-0.39, 0.29) is 35.5 Å². The van der Waals surface area contributed by atoms with Gasteiger partial charge >= 0.3 is 5.97 Å². The van der Waals surface area contributed by atoms with Crippen LogP contribution in [0, 0.1) is 0 Å². The van der Waals surface area contributed by atoms with Crippen LogP contribution in [0.2, 0.25) is 0 Å². The van der Waals surface area contributed by atoms with Crippen LogP contribution < -0.4 is 5.32 Å². The summed E-state index contributed by atoms with van der Waals surface area (Å²) >= 11 is 0. The molecule has 0 aromatic heterocycles. The summed E-state index contributed by atoms with van der Waals surface area (Å²) in [5.74, 6) is -0.809. The molecule has 7 nitrogen and oxygen atoms in total. The Balaban J connectivity index is 1.98. The summed E-state index contributed by atoms with van der Waals surface area (Å²) in [6.07, 6.45) is 1.57. The Kier molecular flexibility index (Phi) is 6.55. The molecule has 1 amide bonds. The highest BCUT2D eigenvalue weighted by Gasteiger charge is 2.27. The van der Waals surface area contributed by atoms with Crippen molar-refractivity contribution in [1.82, 2.24) is 9.62 Å². The quantitative estimate of drug-likeness (QED) is 0.737. The lowest BCUT2D eigenvalue weighted by Crippen LogP contribution is -2.29. The molecule has 1 heterocycles. The predicted octanol–water partition coefficient (Wildman–Crippen LogP) is 1.54. The van der Waals surface area contributed by atoms with Crippen LogP contribution in [-0.4, -0.2) is 50.3 Å². The molecule has 1 aliphatic heterocycles. The Labute approximate surface area is 148 Å². The molecule has 1 fully saturated rings. The average molecular weight is 368 g/mol. The zero-order chi connectivity index (χ0) is 18.4. The molecule has 1 aliphatic rings. The molecule has 0 spiro atoms. The minimum absolute atomic E-state index is 0.0652. The Morgan fingerprint density at radius 3 is 2.56 bits per heavy atom. The molecular weight excluding hydrogens is 344 g/mol. The standard InChI is InChI=1S/C17H24N2O5S/c1-13(2)24-16(20)8-9-18-17(21)14-6-5-7-15(12-14)25(22,23)19-10-3-4-11-19/h5-7,12-13H,3-4,8-11H2,1-2H3,(H,18,21). The molecule has 2 rings (SSSR count). The van der Waals surface area contributed by atoms with Gasteiger partial charge in [-0.1, -0.05) is 6.07 Å². The van der Waals surface area contributed by atoms with Gasteiger partial charge in [-0.05, 0) is 44.9 Å². The van der Waals surface area contributed by atoms with Crippen molar-refractivity contribution in [1.29, 1.82) is 0 Å². The summed E-state index contributed by atoms with van der Waals surface area (Å²) in [4.78, 5) is 23.7. The molecule has 0 atom stereocenters. The normalized spacial score (nSPS) is 15.3. The molecular formula is C17H24N2O5S. The number of carbonyl (C=O) groups excluding carboxylic acids is 2. The van der Waals surface area contributed by atoms with E-state index >= 15 is 0 Å². The highest BCUT2D eigenvalue weighted by molar-refractivity contribution is 7.89. The van der Waals surface area contributed by atoms with Crippen molar-refractivity contribution in [2.45, 2.75) is 44.1 Å². The largest absolute Gasteiger partial charge is 0.463 e. The van der Waals surface area contributed by atoms with E-state index in [1.807, 2.05) is 0 Å². The molecule has 1 aromatic rings. The number of nitrogens with zero attached hydrogens (tertiary/aromatic N) is 1. The lowest BCUT2D eigenvalue weighted by molar-refractivity contribution is -0.147. The summed E-state index contributed by atoms with van der Waals surface area (Å²) in [6, 6.07) is 5.95. The molecule has 0 radical (unpaired) electrons. The number of benzene rings is 1. The van der Waals surface area contributed by atoms with Gasteiger partial charge < -0.3 is 10.1 Å². The zero-order valence-electron chi connectivity index (χ0n) is 14.5. The maximum absolute atomic E-state index is 12.5. The summed E-state index contributed by atoms with van der Waals surface area (Å²) in [6.45, 7) is 4.66. The summed E-state index contributed by atoms with van der Waals surface area (Å²) in [7, 11) is -3.56. The predicted molar refractivity (Wildman–Crippen MR) is 92.6 cm³/mol. The molecule has 8 heteroatoms. The van der Waals surface area contributed by atoms with Crippen molar-refractivity contribution in [3.05, 3.63) is 29.8 Å². The number of hydrogen-bond donors (Lipinski definition) is 1. The lowest BCUT2D eigenvalue weighted by atomic mass is 10.2. The highest BCUT2D eigenvalue weighted by atomic mass is 32.2. The van der Waals surface area contributed by atoms with Crippen LogP contribution in [0.15, 0.2) is 29.2 Å². The lowest BCUT2D eigenvalue weighted by Gasteiger charge is -2.16. The van der Waals surface area contributed by atoms with Crippen molar-refractivity contribution in [2.24, 2.45) is 0 Å². The summed E-state index contributed by atoms with van der Waals surface area (Å²) < 4.78 is 31.5. The van der Waals surface area contributed by atoms with Crippen molar-refractivity contribution < 1.29 is 22.7 Å². The number of hydrogen-bond acceptors (Lipinski definition) is 5. The van der Waals surface area contributed by atoms with E-state index < -0.39 is 15.9 Å². The number of nitrogens with one attached hydrogen (secondary N) is 1. The van der Waals surface area contributed by atoms with Gasteiger partial charge in [0.25, 0.3) is 5.91 Å². The van der Waals surface area contributed by atoms with E-state index in [0.29, 0.717) is 13.1 Å². The minimum atomic E-state index is -3.56. The Hall–Kier alpha value is -1.93. The van der Waals surface area contributed by atoms with Gasteiger partial charge in [-0.2, -0.15) is 4.31 Å². The van der Waals surface area contributed by atoms with Crippen molar-refractivity contribution in [3.63, 3.8) is 0 Å². The van der Waals surface area contributed by atoms with E-state index in [1.54, 1.807) is 26.0 Å². The molecule has 1 saturated heterocycles. The highest BCUT2D eigenvalue weighted by Crippen LogP contribution is 2.21. The Bertz CT molecular complexity index is 724. The zero-order valence-corrected chi connectivity index (χ0v) is 15.3. The van der Waals surface area contributed by atoms with Crippen LogP contribution in [0.4, 0.5) is 0 Å². The van der Waals surface area contributed by atoms with E-state index in [1.165, 1.54) is 16.4 Å². The first-order valence-electron chi connectivity index (χ1n) is 8.38. The molecule has 0 aliphatic carbocycles. The number of amides is 1. The second kappa shape index (κ2) is 8.44. The summed E-state index contributed by atoms with van der Waals surface area (Å²) in [5, 5.41) is 2.60. The maximum atomic E-state index is 12.5. The molecule has 1 aromatic carbocycles. The van der Waals surface area contributed by atoms with Gasteiger partial charge in [0.05, 0.1) is 17.4 Å². The maximum Gasteiger partial charge on any atom is 0.307 e. The molecule has 25 heavy (non-hydrogen) atoms. The SMILES string of the molecule is CC(C)OC(=O)CCNC(=O)c1cccc(S(=O)(=O)N2CCCC2)c1. The van der Waals surface area contributed by atoms with Crippen molar-refractivity contribution in [3.8, 4) is 0 Å². The van der Waals surface area contributed by atoms with Gasteiger partial charge in [-0.3, -0.25) is 9.59 Å². The third-order valence-electron chi connectivity index (χ3n) is 3.78. The van der Waals surface area contributed by atoms with Gasteiger partial charge in [0, 0.05) is 25.2 Å². The van der Waals surface area contributed by atoms with E-state index in [4.69, 9.17) is 4.74 Å². The van der Waals surface area contributed by atoms with Crippen LogP contribution in [0.25, 0.3) is 0 Å². The van der Waals surface area contributed by atoms with Crippen LogP contribution >= 0.6 is 0 Å². The third-order valence-corrected chi connectivity index (χ3v) is 5.68. The van der Waals surface area contributed by atoms with Crippen LogP contribution in [0.3, 0.4) is 0 Å². The first kappa shape index (κ1) is 19.4. The molecule has 0 saturated carbocycles. The van der Waals surface area contributed by atoms with Gasteiger partial charge in [0.1, 0.15) is 0 Å². The van der Waals surface area contributed by atoms with Gasteiger partial charge in [-0.15, -0.1) is 0 Å². The fourth-order valence-electron chi connectivity index (χ4n) is 2.58. The van der Waals surface area contributed by atoms with E-state index in [0.717, 1.165) is 12.8 Å². The molecule has 1 N–H and O–H groups in total. The number of esters is 1. The molecule has 0 bridgehead atoms. The topological polar surface area (TPSA) is 92.8 Å². The monoisotopic (exact) mass is 368 g/mol. The molecule has 138 valence electrons. The fraction of sp³-hybridized carbons (Fsp3) is 0.529. The number of rotatable bonds is 7. The number of ether oxygens (including phenoxy) is 1. The van der Waals surface area contributed by atoms with Gasteiger partial charge in [0.2, 0.25) is 10.0 Å². The smallest absolute Gasteiger partial charge is 0.307 e. The third kappa shape index (κ3) is 5.27. The van der Waals surface area contributed by atoms with Crippen LogP contribution in [0.5, 0.6) is 0 Å². The van der Waals surface area contributed by atoms with Crippen molar-refractivity contribution in [2.75, 3.05) is 19.6 Å². The molecule has 0 unspecified atom stereocenters. The fourth-order valence-corrected chi connectivity index (χ4v) is 4.14.